The number of aromatic nitrogens is 1. The maximum atomic E-state index is 2.38. The van der Waals surface area contributed by atoms with Gasteiger partial charge in [-0.3, -0.25) is 0 Å². The van der Waals surface area contributed by atoms with Gasteiger partial charge in [0, 0.05) is 28.9 Å². The Morgan fingerprint density at radius 1 is 0.318 bits per heavy atom. The second-order valence-corrected chi connectivity index (χ2v) is 11.4. The largest absolute Gasteiger partial charge is 0.344 e. The summed E-state index contributed by atoms with van der Waals surface area (Å²) in [6, 6.07) is 60.9. The zero-order valence-electron chi connectivity index (χ0n) is 24.6. The number of rotatable bonds is 2. The number of para-hydroxylation sites is 1. The van der Waals surface area contributed by atoms with Gasteiger partial charge in [0.15, 0.2) is 0 Å². The Hall–Kier alpha value is -5.66. The standard InChI is InChI=1S/C37H25N.C6H6/c1-38-35-18-7-6-16-33(35)37-27(17-9-19-36(37)38)26-11-8-10-24(22-26)25-20-21-32-30-14-3-2-12-28(30)29-13-4-5-15-31(29)34(32)23-25;1-2-4-6-5-3-1/h2-23H,1H3;1-6H. The molecule has 0 N–H and O–H groups in total. The molecular weight excluding hydrogens is 530 g/mol. The van der Waals surface area contributed by atoms with E-state index in [1.165, 1.54) is 76.4 Å². The number of nitrogens with zero attached hydrogens (tertiary/aromatic N) is 1. The Balaban J connectivity index is 0.000000434. The second kappa shape index (κ2) is 10.9. The molecule has 0 spiro atoms. The van der Waals surface area contributed by atoms with Crippen molar-refractivity contribution in [2.75, 3.05) is 0 Å². The first kappa shape index (κ1) is 26.0. The van der Waals surface area contributed by atoms with Crippen LogP contribution < -0.4 is 0 Å². The van der Waals surface area contributed by atoms with Gasteiger partial charge in [-0.2, -0.15) is 0 Å². The maximum absolute atomic E-state index is 2.38. The molecule has 0 bridgehead atoms. The van der Waals surface area contributed by atoms with Crippen molar-refractivity contribution in [1.82, 2.24) is 4.57 Å². The highest BCUT2D eigenvalue weighted by atomic mass is 14.9. The minimum atomic E-state index is 1.24. The zero-order valence-corrected chi connectivity index (χ0v) is 24.6. The van der Waals surface area contributed by atoms with Crippen LogP contribution in [-0.2, 0) is 7.05 Å². The number of hydrogen-bond donors (Lipinski definition) is 0. The first-order chi connectivity index (χ1) is 21.8. The number of benzene rings is 8. The lowest BCUT2D eigenvalue weighted by atomic mass is 9.91. The molecule has 0 atom stereocenters. The normalized spacial score (nSPS) is 11.3. The molecule has 0 fully saturated rings. The van der Waals surface area contributed by atoms with E-state index < -0.39 is 0 Å². The lowest BCUT2D eigenvalue weighted by Crippen LogP contribution is -1.87. The van der Waals surface area contributed by atoms with E-state index in [1.807, 2.05) is 36.4 Å². The van der Waals surface area contributed by atoms with Gasteiger partial charge in [0.2, 0.25) is 0 Å². The van der Waals surface area contributed by atoms with E-state index in [0.717, 1.165) is 0 Å². The van der Waals surface area contributed by atoms with Crippen LogP contribution in [0.15, 0.2) is 170 Å². The average molecular weight is 562 g/mol. The molecule has 0 saturated carbocycles. The third kappa shape index (κ3) is 4.33. The van der Waals surface area contributed by atoms with Crippen LogP contribution in [-0.4, -0.2) is 4.57 Å². The third-order valence-corrected chi connectivity index (χ3v) is 8.86. The van der Waals surface area contributed by atoms with E-state index in [4.69, 9.17) is 0 Å². The fourth-order valence-corrected chi connectivity index (χ4v) is 6.79. The number of aryl methyl sites for hydroxylation is 1. The molecule has 0 radical (unpaired) electrons. The third-order valence-electron chi connectivity index (χ3n) is 8.86. The van der Waals surface area contributed by atoms with E-state index in [1.54, 1.807) is 0 Å². The fourth-order valence-electron chi connectivity index (χ4n) is 6.79. The Kier molecular flexibility index (Phi) is 6.43. The first-order valence-corrected chi connectivity index (χ1v) is 15.2. The van der Waals surface area contributed by atoms with Gasteiger partial charge in [-0.1, -0.05) is 146 Å². The molecular formula is C43H31N. The molecule has 1 heterocycles. The fraction of sp³-hybridized carbons (Fsp3) is 0.0233. The Labute approximate surface area is 257 Å². The van der Waals surface area contributed by atoms with Crippen molar-refractivity contribution in [3.8, 4) is 22.3 Å². The highest BCUT2D eigenvalue weighted by Gasteiger charge is 2.14. The van der Waals surface area contributed by atoms with Crippen LogP contribution in [0.2, 0.25) is 0 Å². The average Bonchev–Trinajstić information content (AvgIpc) is 3.41. The molecule has 9 aromatic rings. The second-order valence-electron chi connectivity index (χ2n) is 11.4. The summed E-state index contributed by atoms with van der Waals surface area (Å²) < 4.78 is 2.30. The molecule has 1 nitrogen and oxygen atoms in total. The molecule has 0 aliphatic carbocycles. The Morgan fingerprint density at radius 3 is 1.45 bits per heavy atom. The van der Waals surface area contributed by atoms with Crippen LogP contribution in [0.1, 0.15) is 0 Å². The summed E-state index contributed by atoms with van der Waals surface area (Å²) in [6.07, 6.45) is 0. The van der Waals surface area contributed by atoms with Crippen molar-refractivity contribution in [1.29, 1.82) is 0 Å². The van der Waals surface area contributed by atoms with Gasteiger partial charge in [0.1, 0.15) is 0 Å². The molecule has 0 aliphatic rings. The smallest absolute Gasteiger partial charge is 0.0495 e. The van der Waals surface area contributed by atoms with Crippen molar-refractivity contribution in [2.24, 2.45) is 7.05 Å². The first-order valence-electron chi connectivity index (χ1n) is 15.2. The summed E-state index contributed by atoms with van der Waals surface area (Å²) in [6.45, 7) is 0. The molecule has 1 heteroatoms. The van der Waals surface area contributed by atoms with Crippen molar-refractivity contribution in [3.05, 3.63) is 170 Å². The van der Waals surface area contributed by atoms with Crippen LogP contribution >= 0.6 is 0 Å². The van der Waals surface area contributed by atoms with Crippen molar-refractivity contribution < 1.29 is 0 Å². The summed E-state index contributed by atoms with van der Waals surface area (Å²) >= 11 is 0. The SMILES string of the molecule is Cn1c2ccccc2c2c(-c3cccc(-c4ccc5c6ccccc6c6ccccc6c5c4)c3)cccc21.c1ccccc1. The lowest BCUT2D eigenvalue weighted by Gasteiger charge is -2.13. The highest BCUT2D eigenvalue weighted by Crippen LogP contribution is 2.39. The molecule has 8 aromatic carbocycles. The summed E-state index contributed by atoms with van der Waals surface area (Å²) in [7, 11) is 2.16. The van der Waals surface area contributed by atoms with Crippen molar-refractivity contribution >= 4 is 54.1 Å². The Morgan fingerprint density at radius 2 is 0.795 bits per heavy atom. The molecule has 44 heavy (non-hydrogen) atoms. The van der Waals surface area contributed by atoms with Gasteiger partial charge >= 0.3 is 0 Å². The molecule has 1 aromatic heterocycles. The van der Waals surface area contributed by atoms with E-state index in [0.29, 0.717) is 0 Å². The lowest BCUT2D eigenvalue weighted by molar-refractivity contribution is 1.01. The van der Waals surface area contributed by atoms with Gasteiger partial charge in [0.25, 0.3) is 0 Å². The van der Waals surface area contributed by atoms with E-state index in [2.05, 4.69) is 145 Å². The van der Waals surface area contributed by atoms with Crippen LogP contribution in [0.4, 0.5) is 0 Å². The zero-order chi connectivity index (χ0) is 29.5. The monoisotopic (exact) mass is 561 g/mol. The summed E-state index contributed by atoms with van der Waals surface area (Å²) in [4.78, 5) is 0. The van der Waals surface area contributed by atoms with Crippen LogP contribution in [0, 0.1) is 0 Å². The van der Waals surface area contributed by atoms with E-state index in [9.17, 15) is 0 Å². The predicted molar refractivity (Wildman–Crippen MR) is 190 cm³/mol. The summed E-state index contributed by atoms with van der Waals surface area (Å²) in [5.41, 5.74) is 7.52. The van der Waals surface area contributed by atoms with E-state index in [-0.39, 0.29) is 0 Å². The highest BCUT2D eigenvalue weighted by molar-refractivity contribution is 6.25. The van der Waals surface area contributed by atoms with Gasteiger partial charge in [-0.25, -0.2) is 0 Å². The van der Waals surface area contributed by atoms with Crippen LogP contribution in [0.25, 0.3) is 76.4 Å². The molecule has 9 rings (SSSR count). The topological polar surface area (TPSA) is 4.93 Å². The van der Waals surface area contributed by atoms with Crippen LogP contribution in [0.5, 0.6) is 0 Å². The van der Waals surface area contributed by atoms with Gasteiger partial charge < -0.3 is 4.57 Å². The maximum Gasteiger partial charge on any atom is 0.0495 e. The van der Waals surface area contributed by atoms with Gasteiger partial charge in [-0.15, -0.1) is 0 Å². The van der Waals surface area contributed by atoms with Crippen molar-refractivity contribution in [3.63, 3.8) is 0 Å². The number of fused-ring (bicyclic) bond motifs is 9. The number of hydrogen-bond acceptors (Lipinski definition) is 0. The quantitative estimate of drug-likeness (QED) is 0.185. The molecule has 0 amide bonds. The summed E-state index contributed by atoms with van der Waals surface area (Å²) in [5.74, 6) is 0. The minimum absolute atomic E-state index is 1.24. The molecule has 0 unspecified atom stereocenters. The van der Waals surface area contributed by atoms with E-state index >= 15 is 0 Å². The molecule has 208 valence electrons. The Bertz CT molecular complexity index is 2390. The molecule has 0 saturated heterocycles. The summed E-state index contributed by atoms with van der Waals surface area (Å²) in [5, 5.41) is 10.5. The minimum Gasteiger partial charge on any atom is -0.344 e. The van der Waals surface area contributed by atoms with Crippen molar-refractivity contribution in [2.45, 2.75) is 0 Å². The predicted octanol–water partition coefficient (Wildman–Crippen LogP) is 11.8. The van der Waals surface area contributed by atoms with Gasteiger partial charge in [-0.05, 0) is 78.8 Å². The van der Waals surface area contributed by atoms with Gasteiger partial charge in [0.05, 0.1) is 0 Å². The van der Waals surface area contributed by atoms with Crippen LogP contribution in [0.3, 0.4) is 0 Å². The molecule has 0 aliphatic heterocycles.